The van der Waals surface area contributed by atoms with Gasteiger partial charge in [0.25, 0.3) is 0 Å². The van der Waals surface area contributed by atoms with Crippen molar-refractivity contribution in [2.24, 2.45) is 0 Å². The Morgan fingerprint density at radius 2 is 0.982 bits per heavy atom. The van der Waals surface area contributed by atoms with E-state index in [0.717, 1.165) is 26.1 Å². The number of hydrogen-bond acceptors (Lipinski definition) is 11. The molecular weight excluding hydrogens is 743 g/mol. The van der Waals surface area contributed by atoms with Crippen LogP contribution in [0.4, 0.5) is 0 Å². The van der Waals surface area contributed by atoms with Crippen LogP contribution in [0, 0.1) is 0 Å². The number of nitrogens with zero attached hydrogens (tertiary/aromatic N) is 1. The molecule has 0 bridgehead atoms. The third kappa shape index (κ3) is 15.1. The fourth-order valence-corrected chi connectivity index (χ4v) is 7.21. The molecule has 55 heavy (non-hydrogen) atoms. The molecule has 1 heterocycles. The molecule has 0 saturated carbocycles. The molecule has 4 aromatic carbocycles. The van der Waals surface area contributed by atoms with Crippen LogP contribution < -0.4 is 14.2 Å². The van der Waals surface area contributed by atoms with Crippen molar-refractivity contribution in [3.63, 3.8) is 0 Å². The number of esters is 2. The van der Waals surface area contributed by atoms with Crippen LogP contribution in [0.5, 0.6) is 17.2 Å². The minimum atomic E-state index is -4.25. The first-order valence-corrected chi connectivity index (χ1v) is 19.9. The predicted molar refractivity (Wildman–Crippen MR) is 207 cm³/mol. The fourth-order valence-electron chi connectivity index (χ4n) is 4.68. The summed E-state index contributed by atoms with van der Waals surface area (Å²) in [6.07, 6.45) is 1.75. The monoisotopic (exact) mass is 787 g/mol. The van der Waals surface area contributed by atoms with Crippen LogP contribution in [0.1, 0.15) is 47.2 Å². The Hall–Kier alpha value is -5.37. The Balaban J connectivity index is 0.000000583. The number of aromatic nitrogens is 1. The van der Waals surface area contributed by atoms with E-state index in [1.807, 2.05) is 120 Å². The first kappa shape index (κ1) is 42.4. The highest BCUT2D eigenvalue weighted by Crippen LogP contribution is 2.34. The van der Waals surface area contributed by atoms with Gasteiger partial charge < -0.3 is 28.2 Å². The summed E-state index contributed by atoms with van der Waals surface area (Å²) in [6, 6.07) is 36.3. The van der Waals surface area contributed by atoms with Crippen molar-refractivity contribution in [2.75, 3.05) is 13.2 Å². The summed E-state index contributed by atoms with van der Waals surface area (Å²) in [5.41, 5.74) is -0.300. The zero-order chi connectivity index (χ0) is 40.1. The van der Waals surface area contributed by atoms with E-state index in [-0.39, 0.29) is 18.1 Å². The summed E-state index contributed by atoms with van der Waals surface area (Å²) < 4.78 is 58.8. The van der Waals surface area contributed by atoms with Gasteiger partial charge in [-0.15, -0.1) is 0 Å². The lowest BCUT2D eigenvalue weighted by Crippen LogP contribution is -2.27. The van der Waals surface area contributed by atoms with E-state index in [4.69, 9.17) is 23.7 Å². The molecule has 11 nitrogen and oxygen atoms in total. The largest absolute Gasteiger partial charge is 0.744 e. The molecule has 5 rings (SSSR count). The second-order valence-electron chi connectivity index (χ2n) is 13.8. The van der Waals surface area contributed by atoms with Crippen LogP contribution >= 0.6 is 0 Å². The Bertz CT molecular complexity index is 1990. The normalized spacial score (nSPS) is 11.5. The molecule has 1 aromatic heterocycles. The quantitative estimate of drug-likeness (QED) is 0.0654. The summed E-state index contributed by atoms with van der Waals surface area (Å²) in [6.45, 7) is 10.9. The zero-order valence-electron chi connectivity index (χ0n) is 31.6. The highest BCUT2D eigenvalue weighted by molar-refractivity contribution is 7.97. The van der Waals surface area contributed by atoms with Crippen molar-refractivity contribution in [1.29, 1.82) is 0 Å². The van der Waals surface area contributed by atoms with Crippen molar-refractivity contribution >= 4 is 33.0 Å². The smallest absolute Gasteiger partial charge is 0.344 e. The van der Waals surface area contributed by atoms with E-state index in [2.05, 4.69) is 17.1 Å². The fraction of sp³-hybridized carbons (Fsp3) is 0.262. The summed E-state index contributed by atoms with van der Waals surface area (Å²) in [7, 11) is -4.75. The Morgan fingerprint density at radius 3 is 1.33 bits per heavy atom. The van der Waals surface area contributed by atoms with Crippen molar-refractivity contribution in [3.8, 4) is 17.2 Å². The van der Waals surface area contributed by atoms with Crippen molar-refractivity contribution in [2.45, 2.75) is 78.9 Å². The van der Waals surface area contributed by atoms with Crippen LogP contribution in [0.3, 0.4) is 0 Å². The molecular formula is C42H45NO10S2. The maximum Gasteiger partial charge on any atom is 0.344 e. The second kappa shape index (κ2) is 19.3. The predicted octanol–water partition coefficient (Wildman–Crippen LogP) is 7.79. The van der Waals surface area contributed by atoms with Gasteiger partial charge in [0.05, 0.1) is 21.5 Å². The van der Waals surface area contributed by atoms with Crippen molar-refractivity contribution < 1.29 is 46.2 Å². The van der Waals surface area contributed by atoms with Gasteiger partial charge in [0.1, 0.15) is 45.2 Å². The standard InChI is InChI=1S/C36H40NO7S.C6H6O3S/c1-35(2,3)43-33(38)24-41-28-12-18-31(19-13-28)45(30-16-10-27(11-17-30)40-23-26-9-7-8-22-37-26)32-20-14-29(15-21-32)42-25-34(39)44-36(4,5)6;7-10(8,9)6-4-2-1-3-5-6/h7-22H,23-25H2,1-6H3;1-5H,(H,7,8,9)/q+1;/p-1. The SMILES string of the molecule is CC(C)(C)OC(=O)COc1ccc([S+](c2ccc(OCC(=O)OC(C)(C)C)cc2)c2ccc(OCc3ccccn3)cc2)cc1.O=S(=O)([O-])c1ccccc1. The number of ether oxygens (including phenoxy) is 5. The third-order valence-corrected chi connectivity index (χ3v) is 9.96. The van der Waals surface area contributed by atoms with Gasteiger partial charge in [-0.2, -0.15) is 0 Å². The molecule has 0 spiro atoms. The number of rotatable bonds is 13. The number of pyridine rings is 1. The molecule has 13 heteroatoms. The number of carbonyl (C=O) groups excluding carboxylic acids is 2. The van der Waals surface area contributed by atoms with Crippen LogP contribution in [-0.2, 0) is 46.7 Å². The van der Waals surface area contributed by atoms with Gasteiger partial charge in [0, 0.05) is 6.20 Å². The van der Waals surface area contributed by atoms with Crippen molar-refractivity contribution in [3.05, 3.63) is 133 Å². The maximum atomic E-state index is 12.1. The lowest BCUT2D eigenvalue weighted by atomic mass is 10.2. The minimum Gasteiger partial charge on any atom is -0.744 e. The van der Waals surface area contributed by atoms with E-state index in [1.165, 1.54) is 24.3 Å². The molecule has 290 valence electrons. The number of carbonyl (C=O) groups is 2. The van der Waals surface area contributed by atoms with Gasteiger partial charge in [-0.05, 0) is 139 Å². The van der Waals surface area contributed by atoms with Gasteiger partial charge in [-0.1, -0.05) is 24.3 Å². The van der Waals surface area contributed by atoms with Crippen molar-refractivity contribution in [1.82, 2.24) is 4.98 Å². The highest BCUT2D eigenvalue weighted by Gasteiger charge is 2.29. The van der Waals surface area contributed by atoms with Crippen LogP contribution in [0.15, 0.2) is 147 Å². The minimum absolute atomic E-state index is 0.174. The Morgan fingerprint density at radius 1 is 0.582 bits per heavy atom. The molecule has 0 aliphatic rings. The topological polar surface area (TPSA) is 150 Å². The number of hydrogen-bond donors (Lipinski definition) is 0. The molecule has 0 radical (unpaired) electrons. The van der Waals surface area contributed by atoms with E-state index in [1.54, 1.807) is 12.3 Å². The van der Waals surface area contributed by atoms with Gasteiger partial charge in [-0.3, -0.25) is 4.98 Å². The lowest BCUT2D eigenvalue weighted by Gasteiger charge is -2.19. The van der Waals surface area contributed by atoms with Crippen LogP contribution in [-0.4, -0.2) is 54.3 Å². The molecule has 0 N–H and O–H groups in total. The Kier molecular flexibility index (Phi) is 14.9. The van der Waals surface area contributed by atoms with E-state index >= 15 is 0 Å². The lowest BCUT2D eigenvalue weighted by molar-refractivity contribution is -0.158. The third-order valence-electron chi connectivity index (χ3n) is 6.88. The summed E-state index contributed by atoms with van der Waals surface area (Å²) in [5, 5.41) is 0. The molecule has 0 saturated heterocycles. The number of benzene rings is 4. The van der Waals surface area contributed by atoms with Crippen LogP contribution in [0.2, 0.25) is 0 Å². The zero-order valence-corrected chi connectivity index (χ0v) is 33.2. The first-order valence-electron chi connectivity index (χ1n) is 17.2. The van der Waals surface area contributed by atoms with Gasteiger partial charge in [0.2, 0.25) is 0 Å². The van der Waals surface area contributed by atoms with Gasteiger partial charge >= 0.3 is 11.9 Å². The highest BCUT2D eigenvalue weighted by atomic mass is 32.2. The van der Waals surface area contributed by atoms with Gasteiger partial charge in [0.15, 0.2) is 27.9 Å². The second-order valence-corrected chi connectivity index (χ2v) is 17.3. The summed E-state index contributed by atoms with van der Waals surface area (Å²) in [5.74, 6) is 1.02. The average Bonchev–Trinajstić information content (AvgIpc) is 3.13. The van der Waals surface area contributed by atoms with E-state index < -0.39 is 44.2 Å². The van der Waals surface area contributed by atoms with E-state index in [9.17, 15) is 22.6 Å². The molecule has 0 amide bonds. The summed E-state index contributed by atoms with van der Waals surface area (Å²) in [4.78, 5) is 31.5. The molecule has 0 atom stereocenters. The first-order chi connectivity index (χ1) is 25.9. The van der Waals surface area contributed by atoms with Gasteiger partial charge in [-0.25, -0.2) is 18.0 Å². The molecule has 5 aromatic rings. The molecule has 0 fully saturated rings. The van der Waals surface area contributed by atoms with Crippen LogP contribution in [0.25, 0.3) is 0 Å². The Labute approximate surface area is 325 Å². The maximum absolute atomic E-state index is 12.1. The summed E-state index contributed by atoms with van der Waals surface area (Å²) >= 11 is 0. The van der Waals surface area contributed by atoms with E-state index in [0.29, 0.717) is 18.1 Å². The molecule has 0 aliphatic heterocycles. The molecule has 0 aliphatic carbocycles. The molecule has 0 unspecified atom stereocenters. The average molecular weight is 788 g/mol.